The molecule has 0 spiro atoms. The molecule has 2 heterocycles. The van der Waals surface area contributed by atoms with Gasteiger partial charge in [-0.05, 0) is 50.1 Å². The molecule has 228 valence electrons. The summed E-state index contributed by atoms with van der Waals surface area (Å²) in [6.07, 6.45) is 3.00. The maximum Gasteiger partial charge on any atom is 0.264 e. The molecule has 14 heteroatoms. The molecular formula is C29H32ClFN4O6SSi. The second-order valence-corrected chi connectivity index (χ2v) is 19.4. The highest BCUT2D eigenvalue weighted by molar-refractivity contribution is 7.91. The number of nitrogens with zero attached hydrogens (tertiary/aromatic N) is 2. The summed E-state index contributed by atoms with van der Waals surface area (Å²) >= 11 is 5.86. The van der Waals surface area contributed by atoms with Crippen LogP contribution in [0.15, 0.2) is 42.6 Å². The molecule has 10 nitrogen and oxygen atoms in total. The van der Waals surface area contributed by atoms with Gasteiger partial charge < -0.3 is 14.8 Å². The molecule has 1 aliphatic carbocycles. The number of aromatic nitrogens is 1. The number of fused-ring (bicyclic) bond motifs is 1. The number of hydrogen-bond donors (Lipinski definition) is 2. The number of sulfonamides is 1. The summed E-state index contributed by atoms with van der Waals surface area (Å²) in [5.74, 6) is -2.40. The molecule has 2 fully saturated rings. The zero-order valence-corrected chi connectivity index (χ0v) is 26.5. The highest BCUT2D eigenvalue weighted by Crippen LogP contribution is 2.30. The second-order valence-electron chi connectivity index (χ2n) is 12.0. The van der Waals surface area contributed by atoms with Crippen molar-refractivity contribution < 1.29 is 32.0 Å². The molecule has 0 radical (unpaired) electrons. The van der Waals surface area contributed by atoms with E-state index in [9.17, 15) is 32.0 Å². The van der Waals surface area contributed by atoms with Gasteiger partial charge in [-0.2, -0.15) is 0 Å². The maximum atomic E-state index is 14.3. The van der Waals surface area contributed by atoms with E-state index in [4.69, 9.17) is 11.6 Å². The highest BCUT2D eigenvalue weighted by Gasteiger charge is 2.44. The normalized spacial score (nSPS) is 18.1. The number of ketones is 1. The third kappa shape index (κ3) is 6.53. The number of benzene rings is 2. The number of nitrogens with one attached hydrogen (secondary N) is 2. The predicted octanol–water partition coefficient (Wildman–Crippen LogP) is 3.63. The first kappa shape index (κ1) is 30.9. The minimum Gasteiger partial charge on any atom is -0.350 e. The van der Waals surface area contributed by atoms with Gasteiger partial charge in [0.2, 0.25) is 21.8 Å². The van der Waals surface area contributed by atoms with E-state index in [1.165, 1.54) is 37.4 Å². The fourth-order valence-electron chi connectivity index (χ4n) is 5.49. The third-order valence-electron chi connectivity index (χ3n) is 7.85. The Labute approximate surface area is 254 Å². The van der Waals surface area contributed by atoms with E-state index < -0.39 is 41.1 Å². The Morgan fingerprint density at radius 1 is 1.12 bits per heavy atom. The Kier molecular flexibility index (Phi) is 8.27. The summed E-state index contributed by atoms with van der Waals surface area (Å²) in [4.78, 5) is 53.7. The third-order valence-corrected chi connectivity index (χ3v) is 12.7. The van der Waals surface area contributed by atoms with Crippen molar-refractivity contribution in [2.45, 2.75) is 63.3 Å². The van der Waals surface area contributed by atoms with E-state index in [1.54, 1.807) is 21.6 Å². The van der Waals surface area contributed by atoms with E-state index >= 15 is 0 Å². The van der Waals surface area contributed by atoms with Crippen LogP contribution in [-0.4, -0.2) is 66.9 Å². The van der Waals surface area contributed by atoms with Gasteiger partial charge in [0.25, 0.3) is 5.91 Å². The molecule has 3 amide bonds. The van der Waals surface area contributed by atoms with Crippen LogP contribution in [0.4, 0.5) is 4.39 Å². The lowest BCUT2D eigenvalue weighted by Gasteiger charge is -2.25. The van der Waals surface area contributed by atoms with Crippen molar-refractivity contribution in [3.63, 3.8) is 0 Å². The minimum absolute atomic E-state index is 0.0436. The molecule has 1 saturated carbocycles. The zero-order valence-electron chi connectivity index (χ0n) is 23.9. The predicted molar refractivity (Wildman–Crippen MR) is 162 cm³/mol. The van der Waals surface area contributed by atoms with Crippen molar-refractivity contribution in [1.29, 1.82) is 0 Å². The van der Waals surface area contributed by atoms with Crippen molar-refractivity contribution in [3.05, 3.63) is 70.1 Å². The van der Waals surface area contributed by atoms with Crippen molar-refractivity contribution in [2.24, 2.45) is 0 Å². The Balaban J connectivity index is 1.36. The van der Waals surface area contributed by atoms with Crippen molar-refractivity contribution in [2.75, 3.05) is 6.17 Å². The van der Waals surface area contributed by atoms with Crippen LogP contribution in [0.1, 0.15) is 46.0 Å². The van der Waals surface area contributed by atoms with Crippen LogP contribution in [0.5, 0.6) is 0 Å². The van der Waals surface area contributed by atoms with Crippen molar-refractivity contribution in [3.8, 4) is 0 Å². The Morgan fingerprint density at radius 2 is 1.84 bits per heavy atom. The smallest absolute Gasteiger partial charge is 0.264 e. The summed E-state index contributed by atoms with van der Waals surface area (Å²) in [5, 5.41) is 2.54. The Morgan fingerprint density at radius 3 is 2.51 bits per heavy atom. The van der Waals surface area contributed by atoms with Crippen LogP contribution in [0, 0.1) is 5.82 Å². The first-order chi connectivity index (χ1) is 20.2. The molecule has 2 aromatic carbocycles. The monoisotopic (exact) mass is 646 g/mol. The lowest BCUT2D eigenvalue weighted by atomic mass is 10.1. The van der Waals surface area contributed by atoms with Crippen LogP contribution in [0.2, 0.25) is 24.2 Å². The van der Waals surface area contributed by atoms with Gasteiger partial charge in [-0.15, -0.1) is 0 Å². The van der Waals surface area contributed by atoms with Crippen LogP contribution < -0.4 is 10.0 Å². The van der Waals surface area contributed by atoms with Gasteiger partial charge in [-0.3, -0.25) is 19.2 Å². The average Bonchev–Trinajstić information content (AvgIpc) is 3.67. The average molecular weight is 647 g/mol. The summed E-state index contributed by atoms with van der Waals surface area (Å²) < 4.78 is 42.5. The molecule has 0 unspecified atom stereocenters. The van der Waals surface area contributed by atoms with Crippen molar-refractivity contribution in [1.82, 2.24) is 19.5 Å². The first-order valence-electron chi connectivity index (χ1n) is 13.9. The molecule has 3 aromatic rings. The van der Waals surface area contributed by atoms with E-state index in [-0.39, 0.29) is 52.4 Å². The quantitative estimate of drug-likeness (QED) is 0.269. The van der Waals surface area contributed by atoms with E-state index in [0.29, 0.717) is 36.0 Å². The van der Waals surface area contributed by atoms with Gasteiger partial charge >= 0.3 is 0 Å². The molecule has 0 bridgehead atoms. The molecule has 43 heavy (non-hydrogen) atoms. The number of rotatable bonds is 9. The number of carbonyl (C=O) groups excluding carboxylic acids is 4. The van der Waals surface area contributed by atoms with Gasteiger partial charge in [0.05, 0.1) is 18.3 Å². The number of amides is 3. The molecule has 2 aliphatic rings. The zero-order chi connectivity index (χ0) is 31.3. The fraction of sp³-hybridized carbons (Fsp3) is 0.379. The SMILES string of the molecule is CC(=O)c1cn(CC(=O)N2C[Si](C)(C)C[C@H]2C(=O)NCc2cccc(Cl)c2F)c2ccc(C(=O)NS(=O)(=O)C3CC3)cc12. The molecule has 1 atom stereocenters. The topological polar surface area (TPSA) is 135 Å². The number of halogens is 2. The highest BCUT2D eigenvalue weighted by atomic mass is 35.5. The fourth-order valence-corrected chi connectivity index (χ4v) is 9.88. The van der Waals surface area contributed by atoms with Gasteiger partial charge in [0.15, 0.2) is 5.78 Å². The first-order valence-corrected chi connectivity index (χ1v) is 19.2. The number of hydrogen-bond acceptors (Lipinski definition) is 6. The largest absolute Gasteiger partial charge is 0.350 e. The molecule has 5 rings (SSSR count). The van der Waals surface area contributed by atoms with Gasteiger partial charge in [-0.25, -0.2) is 17.5 Å². The minimum atomic E-state index is -3.76. The Hall–Kier alpha value is -3.55. The Bertz CT molecular complexity index is 1770. The molecular weight excluding hydrogens is 615 g/mol. The molecule has 1 saturated heterocycles. The van der Waals surface area contributed by atoms with E-state index in [2.05, 4.69) is 23.1 Å². The van der Waals surface area contributed by atoms with Crippen LogP contribution in [-0.2, 0) is 32.7 Å². The molecule has 1 aliphatic heterocycles. The number of carbonyl (C=O) groups is 4. The van der Waals surface area contributed by atoms with Crippen LogP contribution >= 0.6 is 11.6 Å². The summed E-state index contributed by atoms with van der Waals surface area (Å²) in [6.45, 7) is 5.30. The van der Waals surface area contributed by atoms with E-state index in [1.807, 2.05) is 0 Å². The second kappa shape index (κ2) is 11.5. The van der Waals surface area contributed by atoms with Crippen LogP contribution in [0.3, 0.4) is 0 Å². The van der Waals surface area contributed by atoms with Gasteiger partial charge in [0.1, 0.15) is 18.4 Å². The van der Waals surface area contributed by atoms with E-state index in [0.717, 1.165) is 0 Å². The van der Waals surface area contributed by atoms with Crippen LogP contribution in [0.25, 0.3) is 10.9 Å². The van der Waals surface area contributed by atoms with Gasteiger partial charge in [0, 0.05) is 46.5 Å². The molecule has 1 aromatic heterocycles. The summed E-state index contributed by atoms with van der Waals surface area (Å²) in [5.41, 5.74) is 1.09. The lowest BCUT2D eigenvalue weighted by Crippen LogP contribution is -2.46. The maximum absolute atomic E-state index is 14.3. The number of Topliss-reactive ketones (excluding diaryl/α,β-unsaturated/α-hetero) is 1. The summed E-state index contributed by atoms with van der Waals surface area (Å²) in [7, 11) is -5.71. The standard InChI is InChI=1S/C29H32ClFN4O6SSi/c1-17(36)22-13-34(24-10-7-18(11-21(22)24)28(38)33-42(40,41)20-8-9-20)14-26(37)35-16-43(2,3)15-25(35)29(39)32-12-19-5-4-6-23(30)27(19)31/h4-7,10-11,13,20,25H,8-9,12,14-16H2,1-3H3,(H,32,39)(H,33,38)/t25-/m0/s1. The lowest BCUT2D eigenvalue weighted by molar-refractivity contribution is -0.138. The molecule has 2 N–H and O–H groups in total. The van der Waals surface area contributed by atoms with Gasteiger partial charge in [-0.1, -0.05) is 36.8 Å². The van der Waals surface area contributed by atoms with Crippen molar-refractivity contribution >= 4 is 64.1 Å². The summed E-state index contributed by atoms with van der Waals surface area (Å²) in [6, 6.07) is 8.82.